The van der Waals surface area contributed by atoms with E-state index in [2.05, 4.69) is 10.2 Å². The molecular weight excluding hydrogens is 282 g/mol. The average Bonchev–Trinajstić information content (AvgIpc) is 2.95. The topological polar surface area (TPSA) is 64.9 Å². The van der Waals surface area contributed by atoms with Gasteiger partial charge in [-0.1, -0.05) is 23.8 Å². The zero-order valence-electron chi connectivity index (χ0n) is 11.6. The Morgan fingerprint density at radius 2 is 1.90 bits per heavy atom. The first-order chi connectivity index (χ1) is 10.2. The van der Waals surface area contributed by atoms with Crippen molar-refractivity contribution in [3.05, 3.63) is 60.0 Å². The minimum Gasteiger partial charge on any atom is -0.420 e. The highest BCUT2D eigenvalue weighted by molar-refractivity contribution is 7.98. The molecule has 0 unspecified atom stereocenters. The fourth-order valence-electron chi connectivity index (χ4n) is 1.87. The number of thioether (sulfide) groups is 1. The molecule has 0 fully saturated rings. The second kappa shape index (κ2) is 6.01. The second-order valence-electron chi connectivity index (χ2n) is 4.73. The molecule has 0 atom stereocenters. The summed E-state index contributed by atoms with van der Waals surface area (Å²) in [6.07, 6.45) is 0. The maximum atomic E-state index is 5.76. The summed E-state index contributed by atoms with van der Waals surface area (Å²) in [4.78, 5) is 1.09. The number of aryl methyl sites for hydroxylation is 1. The standard InChI is InChI=1S/C16H15N3OS/c1-11-5-7-12(8-6-11)16-19-18-15(20-16)10-21-14-4-2-3-13(17)9-14/h2-9H,10,17H2,1H3. The number of hydrogen-bond acceptors (Lipinski definition) is 5. The number of nitrogen functional groups attached to an aromatic ring is 1. The van der Waals surface area contributed by atoms with E-state index in [0.29, 0.717) is 17.5 Å². The third-order valence-corrected chi connectivity index (χ3v) is 3.96. The van der Waals surface area contributed by atoms with Crippen molar-refractivity contribution in [3.63, 3.8) is 0 Å². The van der Waals surface area contributed by atoms with Crippen LogP contribution in [-0.4, -0.2) is 10.2 Å². The van der Waals surface area contributed by atoms with Gasteiger partial charge in [0.05, 0.1) is 5.75 Å². The average molecular weight is 297 g/mol. The Balaban J connectivity index is 1.69. The fourth-order valence-corrected chi connectivity index (χ4v) is 2.68. The van der Waals surface area contributed by atoms with Crippen LogP contribution in [0.25, 0.3) is 11.5 Å². The summed E-state index contributed by atoms with van der Waals surface area (Å²) in [5, 5.41) is 8.17. The van der Waals surface area contributed by atoms with Gasteiger partial charge in [-0.3, -0.25) is 0 Å². The Morgan fingerprint density at radius 3 is 2.67 bits per heavy atom. The molecule has 3 aromatic rings. The van der Waals surface area contributed by atoms with Crippen molar-refractivity contribution in [2.75, 3.05) is 5.73 Å². The third kappa shape index (κ3) is 3.44. The zero-order chi connectivity index (χ0) is 14.7. The third-order valence-electron chi connectivity index (χ3n) is 2.99. The lowest BCUT2D eigenvalue weighted by Crippen LogP contribution is -1.84. The molecule has 1 aromatic heterocycles. The molecule has 1 heterocycles. The number of rotatable bonds is 4. The Bertz CT molecular complexity index is 737. The summed E-state index contributed by atoms with van der Waals surface area (Å²) in [5.41, 5.74) is 8.65. The SMILES string of the molecule is Cc1ccc(-c2nnc(CSc3cccc(N)c3)o2)cc1. The molecule has 0 aliphatic carbocycles. The Hall–Kier alpha value is -2.27. The van der Waals surface area contributed by atoms with Gasteiger partial charge >= 0.3 is 0 Å². The van der Waals surface area contributed by atoms with Gasteiger partial charge in [0, 0.05) is 16.1 Å². The monoisotopic (exact) mass is 297 g/mol. The van der Waals surface area contributed by atoms with Crippen LogP contribution in [0.1, 0.15) is 11.5 Å². The molecule has 0 bridgehead atoms. The van der Waals surface area contributed by atoms with Crippen LogP contribution in [0.3, 0.4) is 0 Å². The number of aromatic nitrogens is 2. The molecule has 0 spiro atoms. The van der Waals surface area contributed by atoms with Gasteiger partial charge < -0.3 is 10.2 Å². The van der Waals surface area contributed by atoms with Crippen molar-refractivity contribution in [2.24, 2.45) is 0 Å². The summed E-state index contributed by atoms with van der Waals surface area (Å²) >= 11 is 1.62. The second-order valence-corrected chi connectivity index (χ2v) is 5.78. The highest BCUT2D eigenvalue weighted by Gasteiger charge is 2.08. The van der Waals surface area contributed by atoms with Crippen LogP contribution in [0.2, 0.25) is 0 Å². The van der Waals surface area contributed by atoms with E-state index in [9.17, 15) is 0 Å². The van der Waals surface area contributed by atoms with Crippen LogP contribution in [-0.2, 0) is 5.75 Å². The molecule has 106 valence electrons. The first kappa shape index (κ1) is 13.7. The fraction of sp³-hybridized carbons (Fsp3) is 0.125. The van der Waals surface area contributed by atoms with E-state index in [1.165, 1.54) is 5.56 Å². The van der Waals surface area contributed by atoms with Crippen LogP contribution in [0.5, 0.6) is 0 Å². The summed E-state index contributed by atoms with van der Waals surface area (Å²) in [5.74, 6) is 1.79. The number of nitrogens with two attached hydrogens (primary N) is 1. The molecular formula is C16H15N3OS. The molecule has 5 heteroatoms. The molecule has 21 heavy (non-hydrogen) atoms. The molecule has 4 nitrogen and oxygen atoms in total. The number of anilines is 1. The van der Waals surface area contributed by atoms with Crippen LogP contribution < -0.4 is 5.73 Å². The molecule has 0 saturated heterocycles. The van der Waals surface area contributed by atoms with E-state index in [1.807, 2.05) is 55.5 Å². The molecule has 0 aliphatic rings. The Labute approximate surface area is 127 Å². The van der Waals surface area contributed by atoms with E-state index in [-0.39, 0.29) is 0 Å². The van der Waals surface area contributed by atoms with Gasteiger partial charge in [0.1, 0.15) is 0 Å². The van der Waals surface area contributed by atoms with Gasteiger partial charge in [0.15, 0.2) is 0 Å². The first-order valence-corrected chi connectivity index (χ1v) is 7.57. The summed E-state index contributed by atoms with van der Waals surface area (Å²) in [6, 6.07) is 15.8. The molecule has 2 N–H and O–H groups in total. The lowest BCUT2D eigenvalue weighted by Gasteiger charge is -1.99. The van der Waals surface area contributed by atoms with Crippen LogP contribution in [0.15, 0.2) is 57.8 Å². The van der Waals surface area contributed by atoms with Crippen LogP contribution >= 0.6 is 11.8 Å². The van der Waals surface area contributed by atoms with Crippen molar-refractivity contribution >= 4 is 17.4 Å². The lowest BCUT2D eigenvalue weighted by molar-refractivity contribution is 0.528. The van der Waals surface area contributed by atoms with Crippen molar-refractivity contribution < 1.29 is 4.42 Å². The summed E-state index contributed by atoms with van der Waals surface area (Å²) in [6.45, 7) is 2.05. The van der Waals surface area contributed by atoms with Gasteiger partial charge in [-0.05, 0) is 37.3 Å². The van der Waals surface area contributed by atoms with Crippen molar-refractivity contribution in [3.8, 4) is 11.5 Å². The van der Waals surface area contributed by atoms with Crippen LogP contribution in [0, 0.1) is 6.92 Å². The number of hydrogen-bond donors (Lipinski definition) is 1. The molecule has 3 rings (SSSR count). The Morgan fingerprint density at radius 1 is 1.10 bits per heavy atom. The molecule has 0 saturated carbocycles. The van der Waals surface area contributed by atoms with Crippen LogP contribution in [0.4, 0.5) is 5.69 Å². The normalized spacial score (nSPS) is 10.7. The maximum absolute atomic E-state index is 5.76. The van der Waals surface area contributed by atoms with E-state index < -0.39 is 0 Å². The van der Waals surface area contributed by atoms with Gasteiger partial charge in [0.2, 0.25) is 11.8 Å². The van der Waals surface area contributed by atoms with Gasteiger partial charge in [-0.15, -0.1) is 22.0 Å². The number of benzene rings is 2. The summed E-state index contributed by atoms with van der Waals surface area (Å²) in [7, 11) is 0. The summed E-state index contributed by atoms with van der Waals surface area (Å²) < 4.78 is 5.69. The molecule has 0 radical (unpaired) electrons. The lowest BCUT2D eigenvalue weighted by atomic mass is 10.1. The minimum atomic E-state index is 0.554. The predicted octanol–water partition coefficient (Wildman–Crippen LogP) is 3.92. The predicted molar refractivity (Wildman–Crippen MR) is 84.9 cm³/mol. The number of nitrogens with zero attached hydrogens (tertiary/aromatic N) is 2. The largest absolute Gasteiger partial charge is 0.420 e. The zero-order valence-corrected chi connectivity index (χ0v) is 12.4. The smallest absolute Gasteiger partial charge is 0.247 e. The quantitative estimate of drug-likeness (QED) is 0.584. The van der Waals surface area contributed by atoms with E-state index in [1.54, 1.807) is 11.8 Å². The Kier molecular flexibility index (Phi) is 3.92. The van der Waals surface area contributed by atoms with Gasteiger partial charge in [0.25, 0.3) is 0 Å². The van der Waals surface area contributed by atoms with E-state index >= 15 is 0 Å². The first-order valence-electron chi connectivity index (χ1n) is 6.58. The highest BCUT2D eigenvalue weighted by atomic mass is 32.2. The highest BCUT2D eigenvalue weighted by Crippen LogP contribution is 2.25. The maximum Gasteiger partial charge on any atom is 0.247 e. The minimum absolute atomic E-state index is 0.554. The molecule has 0 aliphatic heterocycles. The van der Waals surface area contributed by atoms with Crippen molar-refractivity contribution in [1.82, 2.24) is 10.2 Å². The van der Waals surface area contributed by atoms with Crippen molar-refractivity contribution in [1.29, 1.82) is 0 Å². The molecule has 0 amide bonds. The van der Waals surface area contributed by atoms with Gasteiger partial charge in [-0.25, -0.2) is 0 Å². The van der Waals surface area contributed by atoms with Gasteiger partial charge in [-0.2, -0.15) is 0 Å². The van der Waals surface area contributed by atoms with E-state index in [0.717, 1.165) is 16.1 Å². The van der Waals surface area contributed by atoms with E-state index in [4.69, 9.17) is 10.2 Å². The van der Waals surface area contributed by atoms with Crippen molar-refractivity contribution in [2.45, 2.75) is 17.6 Å². The molecule has 2 aromatic carbocycles.